The van der Waals surface area contributed by atoms with Gasteiger partial charge in [-0.25, -0.2) is 4.57 Å². The van der Waals surface area contributed by atoms with Gasteiger partial charge >= 0.3 is 0 Å². The Labute approximate surface area is 143 Å². The van der Waals surface area contributed by atoms with Gasteiger partial charge in [-0.05, 0) is 24.5 Å². The van der Waals surface area contributed by atoms with Crippen LogP contribution >= 0.6 is 0 Å². The van der Waals surface area contributed by atoms with Crippen LogP contribution in [-0.2, 0) is 17.8 Å². The molecule has 0 aliphatic carbocycles. The Kier molecular flexibility index (Phi) is 8.44. The molecule has 1 aromatic carbocycles. The molecule has 0 aliphatic rings. The van der Waals surface area contributed by atoms with Crippen LogP contribution in [0.5, 0.6) is 0 Å². The minimum absolute atomic E-state index is 0. The SMILES string of the molecule is CCc1ccccc1NC(=O)CCCC[n+]1ccccc1.[Br-]. The number of benzene rings is 1. The highest BCUT2D eigenvalue weighted by Gasteiger charge is 2.06. The molecule has 0 atom stereocenters. The summed E-state index contributed by atoms with van der Waals surface area (Å²) in [6, 6.07) is 14.0. The number of hydrogen-bond acceptors (Lipinski definition) is 1. The summed E-state index contributed by atoms with van der Waals surface area (Å²) in [5, 5.41) is 3.01. The van der Waals surface area contributed by atoms with Crippen LogP contribution < -0.4 is 26.9 Å². The smallest absolute Gasteiger partial charge is 0.224 e. The fourth-order valence-electron chi connectivity index (χ4n) is 2.33. The number of anilines is 1. The number of nitrogens with zero attached hydrogens (tertiary/aromatic N) is 1. The number of aromatic nitrogens is 1. The van der Waals surface area contributed by atoms with Crippen molar-refractivity contribution >= 4 is 11.6 Å². The number of pyridine rings is 1. The number of nitrogens with one attached hydrogen (secondary N) is 1. The van der Waals surface area contributed by atoms with Gasteiger partial charge in [-0.3, -0.25) is 4.79 Å². The van der Waals surface area contributed by atoms with Crippen molar-refractivity contribution in [3.8, 4) is 0 Å². The third kappa shape index (κ3) is 5.98. The molecule has 1 N–H and O–H groups in total. The van der Waals surface area contributed by atoms with Gasteiger partial charge in [0.15, 0.2) is 12.4 Å². The van der Waals surface area contributed by atoms with E-state index in [0.29, 0.717) is 6.42 Å². The fraction of sp³-hybridized carbons (Fsp3) is 0.333. The zero-order valence-corrected chi connectivity index (χ0v) is 14.6. The van der Waals surface area contributed by atoms with E-state index in [-0.39, 0.29) is 22.9 Å². The molecule has 0 saturated carbocycles. The molecule has 118 valence electrons. The average Bonchev–Trinajstić information content (AvgIpc) is 2.53. The number of para-hydroxylation sites is 1. The standard InChI is InChI=1S/C18H22N2O.BrH/c1-2-16-10-4-5-11-17(16)19-18(21)12-6-9-15-20-13-7-3-8-14-20;/h3-5,7-8,10-11,13-14H,2,6,9,12,15H2,1H3;1H. The van der Waals surface area contributed by atoms with Gasteiger partial charge in [-0.1, -0.05) is 31.2 Å². The summed E-state index contributed by atoms with van der Waals surface area (Å²) >= 11 is 0. The first kappa shape index (κ1) is 18.4. The number of amides is 1. The van der Waals surface area contributed by atoms with Crippen LogP contribution in [0.1, 0.15) is 31.7 Å². The molecule has 2 rings (SSSR count). The molecule has 1 heterocycles. The second-order valence-corrected chi connectivity index (χ2v) is 5.13. The van der Waals surface area contributed by atoms with Crippen LogP contribution in [0.4, 0.5) is 5.69 Å². The van der Waals surface area contributed by atoms with Crippen LogP contribution in [0.25, 0.3) is 0 Å². The zero-order valence-electron chi connectivity index (χ0n) is 13.0. The minimum atomic E-state index is 0. The first-order valence-corrected chi connectivity index (χ1v) is 7.61. The number of aryl methyl sites for hydroxylation is 2. The molecule has 22 heavy (non-hydrogen) atoms. The molecule has 0 radical (unpaired) electrons. The van der Waals surface area contributed by atoms with Gasteiger partial charge in [0.05, 0.1) is 0 Å². The minimum Gasteiger partial charge on any atom is -1.00 e. The molecule has 0 spiro atoms. The van der Waals surface area contributed by atoms with Crippen molar-refractivity contribution in [2.45, 2.75) is 39.2 Å². The number of carbonyl (C=O) groups is 1. The Balaban J connectivity index is 0.00000242. The van der Waals surface area contributed by atoms with Crippen LogP contribution in [0, 0.1) is 0 Å². The van der Waals surface area contributed by atoms with Gasteiger partial charge in [-0.15, -0.1) is 0 Å². The van der Waals surface area contributed by atoms with Crippen LogP contribution in [-0.4, -0.2) is 5.91 Å². The predicted molar refractivity (Wildman–Crippen MR) is 84.9 cm³/mol. The number of unbranched alkanes of at least 4 members (excludes halogenated alkanes) is 1. The van der Waals surface area contributed by atoms with Gasteiger partial charge in [0.2, 0.25) is 5.91 Å². The van der Waals surface area contributed by atoms with E-state index in [9.17, 15) is 4.79 Å². The lowest BCUT2D eigenvalue weighted by Crippen LogP contribution is -3.00. The van der Waals surface area contributed by atoms with Gasteiger partial charge < -0.3 is 22.3 Å². The van der Waals surface area contributed by atoms with E-state index in [2.05, 4.69) is 35.3 Å². The zero-order chi connectivity index (χ0) is 14.9. The number of hydrogen-bond donors (Lipinski definition) is 1. The monoisotopic (exact) mass is 362 g/mol. The normalized spacial score (nSPS) is 9.86. The number of halogens is 1. The van der Waals surface area contributed by atoms with Crippen molar-refractivity contribution in [3.63, 3.8) is 0 Å². The summed E-state index contributed by atoms with van der Waals surface area (Å²) in [5.41, 5.74) is 2.13. The van der Waals surface area contributed by atoms with Crippen molar-refractivity contribution in [3.05, 3.63) is 60.4 Å². The summed E-state index contributed by atoms with van der Waals surface area (Å²) in [6.45, 7) is 3.06. The summed E-state index contributed by atoms with van der Waals surface area (Å²) < 4.78 is 2.14. The quantitative estimate of drug-likeness (QED) is 0.559. The average molecular weight is 363 g/mol. The van der Waals surface area contributed by atoms with E-state index in [4.69, 9.17) is 0 Å². The molecule has 4 heteroatoms. The van der Waals surface area contributed by atoms with E-state index in [1.54, 1.807) is 0 Å². The second kappa shape index (κ2) is 10.1. The van der Waals surface area contributed by atoms with E-state index in [1.165, 1.54) is 5.56 Å². The van der Waals surface area contributed by atoms with Crippen molar-refractivity contribution < 1.29 is 26.3 Å². The Morgan fingerprint density at radius 2 is 1.77 bits per heavy atom. The highest BCUT2D eigenvalue weighted by molar-refractivity contribution is 5.91. The third-order valence-electron chi connectivity index (χ3n) is 3.52. The van der Waals surface area contributed by atoms with Crippen molar-refractivity contribution in [1.29, 1.82) is 0 Å². The molecule has 0 unspecified atom stereocenters. The molecule has 0 aliphatic heterocycles. The third-order valence-corrected chi connectivity index (χ3v) is 3.52. The fourth-order valence-corrected chi connectivity index (χ4v) is 2.33. The van der Waals surface area contributed by atoms with Crippen molar-refractivity contribution in [1.82, 2.24) is 0 Å². The second-order valence-electron chi connectivity index (χ2n) is 5.13. The van der Waals surface area contributed by atoms with E-state index < -0.39 is 0 Å². The summed E-state index contributed by atoms with van der Waals surface area (Å²) in [4.78, 5) is 12.0. The van der Waals surface area contributed by atoms with Gasteiger partial charge in [0.25, 0.3) is 0 Å². The molecule has 0 saturated heterocycles. The maximum absolute atomic E-state index is 12.0. The molecule has 2 aromatic rings. The van der Waals surface area contributed by atoms with Crippen LogP contribution in [0.3, 0.4) is 0 Å². The topological polar surface area (TPSA) is 33.0 Å². The van der Waals surface area contributed by atoms with E-state index in [0.717, 1.165) is 31.5 Å². The molecule has 1 aromatic heterocycles. The number of carbonyl (C=O) groups excluding carboxylic acids is 1. The first-order chi connectivity index (χ1) is 10.3. The summed E-state index contributed by atoms with van der Waals surface area (Å²) in [5.74, 6) is 0.106. The maximum atomic E-state index is 12.0. The van der Waals surface area contributed by atoms with Crippen LogP contribution in [0.15, 0.2) is 54.9 Å². The van der Waals surface area contributed by atoms with Gasteiger partial charge in [0.1, 0.15) is 6.54 Å². The lowest BCUT2D eigenvalue weighted by molar-refractivity contribution is -0.697. The Hall–Kier alpha value is -1.68. The molecular weight excluding hydrogens is 340 g/mol. The highest BCUT2D eigenvalue weighted by Crippen LogP contribution is 2.15. The Morgan fingerprint density at radius 3 is 2.50 bits per heavy atom. The largest absolute Gasteiger partial charge is 1.00 e. The molecular formula is C18H23BrN2O. The predicted octanol–water partition coefficient (Wildman–Crippen LogP) is 0.350. The highest BCUT2D eigenvalue weighted by atomic mass is 79.9. The molecule has 0 bridgehead atoms. The lowest BCUT2D eigenvalue weighted by Gasteiger charge is -2.09. The van der Waals surface area contributed by atoms with Crippen LogP contribution in [0.2, 0.25) is 0 Å². The summed E-state index contributed by atoms with van der Waals surface area (Å²) in [6.07, 6.45) is 7.53. The molecule has 1 amide bonds. The van der Waals surface area contributed by atoms with Crippen molar-refractivity contribution in [2.75, 3.05) is 5.32 Å². The lowest BCUT2D eigenvalue weighted by atomic mass is 10.1. The summed E-state index contributed by atoms with van der Waals surface area (Å²) in [7, 11) is 0. The van der Waals surface area contributed by atoms with Gasteiger partial charge in [-0.2, -0.15) is 0 Å². The molecule has 3 nitrogen and oxygen atoms in total. The first-order valence-electron chi connectivity index (χ1n) is 7.61. The Bertz CT molecular complexity index is 572. The number of rotatable bonds is 7. The van der Waals surface area contributed by atoms with Gasteiger partial charge in [0, 0.05) is 30.7 Å². The Morgan fingerprint density at radius 1 is 1.05 bits per heavy atom. The van der Waals surface area contributed by atoms with Crippen molar-refractivity contribution in [2.24, 2.45) is 0 Å². The molecule has 0 fully saturated rings. The maximum Gasteiger partial charge on any atom is 0.224 e. The van der Waals surface area contributed by atoms with E-state index in [1.807, 2.05) is 36.4 Å². The van der Waals surface area contributed by atoms with E-state index >= 15 is 0 Å².